The van der Waals surface area contributed by atoms with E-state index in [0.717, 1.165) is 12.1 Å². The fraction of sp³-hybridized carbons (Fsp3) is 0.167. The molecule has 0 aliphatic heterocycles. The molecule has 0 unspecified atom stereocenters. The fourth-order valence-corrected chi connectivity index (χ4v) is 1.83. The van der Waals surface area contributed by atoms with Crippen LogP contribution < -0.4 is 5.32 Å². The molecule has 2 rings (SSSR count). The first-order chi connectivity index (χ1) is 9.29. The molecule has 1 N–H and O–H groups in total. The molecule has 0 bridgehead atoms. The maximum atomic E-state index is 12.6. The Balaban J connectivity index is 2.30. The van der Waals surface area contributed by atoms with E-state index in [4.69, 9.17) is 4.52 Å². The summed E-state index contributed by atoms with van der Waals surface area (Å²) in [6.07, 6.45) is -3.14. The molecule has 0 aliphatic rings. The van der Waals surface area contributed by atoms with Crippen molar-refractivity contribution in [3.05, 3.63) is 45.8 Å². The van der Waals surface area contributed by atoms with Crippen LogP contribution in [0, 0.1) is 6.92 Å². The van der Waals surface area contributed by atoms with Gasteiger partial charge in [0.2, 0.25) is 5.76 Å². The highest BCUT2D eigenvalue weighted by molar-refractivity contribution is 9.10. The summed E-state index contributed by atoms with van der Waals surface area (Å²) in [6, 6.07) is 2.97. The van der Waals surface area contributed by atoms with Crippen LogP contribution in [0.3, 0.4) is 0 Å². The SMILES string of the molecule is Cc1cnoc1C(=O)Nc1cc(C(F)(F)F)ccc1Br. The number of nitrogens with one attached hydrogen (secondary N) is 1. The van der Waals surface area contributed by atoms with Crippen molar-refractivity contribution >= 4 is 27.5 Å². The number of aryl methyl sites for hydroxylation is 1. The van der Waals surface area contributed by atoms with E-state index < -0.39 is 17.6 Å². The molecule has 0 spiro atoms. The third kappa shape index (κ3) is 3.01. The average Bonchev–Trinajstić information content (AvgIpc) is 2.77. The van der Waals surface area contributed by atoms with Gasteiger partial charge in [-0.1, -0.05) is 5.16 Å². The summed E-state index contributed by atoms with van der Waals surface area (Å²) in [5.74, 6) is -0.714. The number of aromatic nitrogens is 1. The lowest BCUT2D eigenvalue weighted by atomic mass is 10.2. The van der Waals surface area contributed by atoms with Gasteiger partial charge in [0.05, 0.1) is 17.4 Å². The Bertz CT molecular complexity index is 652. The molecule has 0 aliphatic carbocycles. The lowest BCUT2D eigenvalue weighted by Crippen LogP contribution is -2.14. The maximum absolute atomic E-state index is 12.6. The maximum Gasteiger partial charge on any atom is 0.416 e. The summed E-state index contributed by atoms with van der Waals surface area (Å²) in [4.78, 5) is 11.9. The van der Waals surface area contributed by atoms with Gasteiger partial charge in [0, 0.05) is 10.0 Å². The Hall–Kier alpha value is -1.83. The zero-order chi connectivity index (χ0) is 14.9. The van der Waals surface area contributed by atoms with Crippen LogP contribution in [0.15, 0.2) is 33.4 Å². The van der Waals surface area contributed by atoms with Gasteiger partial charge in [-0.3, -0.25) is 4.79 Å². The molecule has 8 heteroatoms. The second kappa shape index (κ2) is 5.28. The number of halogens is 4. The standard InChI is InChI=1S/C12H8BrF3N2O2/c1-6-5-17-20-10(6)11(19)18-9-4-7(12(14,15)16)2-3-8(9)13/h2-5H,1H3,(H,18,19). The molecule has 2 aromatic rings. The van der Waals surface area contributed by atoms with Gasteiger partial charge in [-0.25, -0.2) is 0 Å². The quantitative estimate of drug-likeness (QED) is 0.891. The molecule has 0 saturated carbocycles. The van der Waals surface area contributed by atoms with Gasteiger partial charge >= 0.3 is 6.18 Å². The summed E-state index contributed by atoms with van der Waals surface area (Å²) in [6.45, 7) is 1.60. The number of rotatable bonds is 2. The first-order valence-corrected chi connectivity index (χ1v) is 6.17. The molecular formula is C12H8BrF3N2O2. The summed E-state index contributed by atoms with van der Waals surface area (Å²) >= 11 is 3.08. The first kappa shape index (κ1) is 14.6. The van der Waals surface area contributed by atoms with Crippen molar-refractivity contribution in [2.24, 2.45) is 0 Å². The second-order valence-corrected chi connectivity index (χ2v) is 4.84. The minimum atomic E-state index is -4.48. The Morgan fingerprint density at radius 2 is 2.10 bits per heavy atom. The van der Waals surface area contributed by atoms with E-state index in [9.17, 15) is 18.0 Å². The zero-order valence-electron chi connectivity index (χ0n) is 10.1. The molecule has 0 atom stereocenters. The minimum absolute atomic E-state index is 0.000579. The smallest absolute Gasteiger partial charge is 0.351 e. The Morgan fingerprint density at radius 3 is 2.65 bits per heavy atom. The Kier molecular flexibility index (Phi) is 3.85. The predicted molar refractivity (Wildman–Crippen MR) is 68.3 cm³/mol. The van der Waals surface area contributed by atoms with Crippen molar-refractivity contribution in [3.8, 4) is 0 Å². The highest BCUT2D eigenvalue weighted by atomic mass is 79.9. The van der Waals surface area contributed by atoms with E-state index in [1.54, 1.807) is 6.92 Å². The number of carbonyl (C=O) groups excluding carboxylic acids is 1. The van der Waals surface area contributed by atoms with E-state index in [1.807, 2.05) is 0 Å². The van der Waals surface area contributed by atoms with Crippen molar-refractivity contribution in [2.75, 3.05) is 5.32 Å². The van der Waals surface area contributed by atoms with Crippen molar-refractivity contribution in [3.63, 3.8) is 0 Å². The third-order valence-corrected chi connectivity index (χ3v) is 3.19. The van der Waals surface area contributed by atoms with Crippen LogP contribution in [0.2, 0.25) is 0 Å². The van der Waals surface area contributed by atoms with E-state index in [0.29, 0.717) is 10.0 Å². The van der Waals surface area contributed by atoms with Crippen LogP contribution in [0.4, 0.5) is 18.9 Å². The Labute approximate surface area is 120 Å². The normalized spacial score (nSPS) is 11.4. The Morgan fingerprint density at radius 1 is 1.40 bits per heavy atom. The molecule has 0 radical (unpaired) electrons. The zero-order valence-corrected chi connectivity index (χ0v) is 11.7. The highest BCUT2D eigenvalue weighted by Gasteiger charge is 2.31. The van der Waals surface area contributed by atoms with Crippen molar-refractivity contribution in [2.45, 2.75) is 13.1 Å². The van der Waals surface area contributed by atoms with Gasteiger partial charge in [-0.05, 0) is 41.1 Å². The molecule has 1 heterocycles. The summed E-state index contributed by atoms with van der Waals surface area (Å²) in [5.41, 5.74) is -0.364. The number of benzene rings is 1. The molecule has 20 heavy (non-hydrogen) atoms. The molecule has 0 fully saturated rings. The number of carbonyl (C=O) groups is 1. The van der Waals surface area contributed by atoms with Gasteiger partial charge in [0.15, 0.2) is 0 Å². The van der Waals surface area contributed by atoms with E-state index in [2.05, 4.69) is 26.4 Å². The number of hydrogen-bond acceptors (Lipinski definition) is 3. The summed E-state index contributed by atoms with van der Waals surface area (Å²) in [5, 5.41) is 5.78. The fourth-order valence-electron chi connectivity index (χ4n) is 1.49. The van der Waals surface area contributed by atoms with Gasteiger partial charge in [0.25, 0.3) is 5.91 Å². The van der Waals surface area contributed by atoms with E-state index in [1.165, 1.54) is 12.3 Å². The van der Waals surface area contributed by atoms with Crippen LogP contribution in [0.1, 0.15) is 21.7 Å². The monoisotopic (exact) mass is 348 g/mol. The largest absolute Gasteiger partial charge is 0.416 e. The van der Waals surface area contributed by atoms with Gasteiger partial charge in [0.1, 0.15) is 0 Å². The lowest BCUT2D eigenvalue weighted by Gasteiger charge is -2.11. The number of nitrogens with zero attached hydrogens (tertiary/aromatic N) is 1. The van der Waals surface area contributed by atoms with Crippen LogP contribution in [-0.2, 0) is 6.18 Å². The van der Waals surface area contributed by atoms with Crippen LogP contribution in [-0.4, -0.2) is 11.1 Å². The third-order valence-electron chi connectivity index (χ3n) is 2.50. The first-order valence-electron chi connectivity index (χ1n) is 5.38. The van der Waals surface area contributed by atoms with Crippen molar-refractivity contribution < 1.29 is 22.5 Å². The molecule has 1 amide bonds. The predicted octanol–water partition coefficient (Wildman–Crippen LogP) is 4.02. The lowest BCUT2D eigenvalue weighted by molar-refractivity contribution is -0.137. The molecule has 106 valence electrons. The average molecular weight is 349 g/mol. The molecule has 0 saturated heterocycles. The molecule has 1 aromatic carbocycles. The topological polar surface area (TPSA) is 55.1 Å². The van der Waals surface area contributed by atoms with E-state index >= 15 is 0 Å². The minimum Gasteiger partial charge on any atom is -0.351 e. The van der Waals surface area contributed by atoms with E-state index in [-0.39, 0.29) is 11.4 Å². The number of amides is 1. The van der Waals surface area contributed by atoms with Crippen molar-refractivity contribution in [1.29, 1.82) is 0 Å². The summed E-state index contributed by atoms with van der Waals surface area (Å²) in [7, 11) is 0. The molecule has 4 nitrogen and oxygen atoms in total. The van der Waals surface area contributed by atoms with Crippen LogP contribution in [0.25, 0.3) is 0 Å². The molecular weight excluding hydrogens is 341 g/mol. The van der Waals surface area contributed by atoms with Gasteiger partial charge in [-0.2, -0.15) is 13.2 Å². The number of hydrogen-bond donors (Lipinski definition) is 1. The molecule has 1 aromatic heterocycles. The number of alkyl halides is 3. The van der Waals surface area contributed by atoms with Crippen LogP contribution >= 0.6 is 15.9 Å². The van der Waals surface area contributed by atoms with Gasteiger partial charge < -0.3 is 9.84 Å². The summed E-state index contributed by atoms with van der Waals surface area (Å²) < 4.78 is 42.9. The second-order valence-electron chi connectivity index (χ2n) is 3.98. The highest BCUT2D eigenvalue weighted by Crippen LogP contribution is 2.34. The van der Waals surface area contributed by atoms with Crippen LogP contribution in [0.5, 0.6) is 0 Å². The van der Waals surface area contributed by atoms with Crippen molar-refractivity contribution in [1.82, 2.24) is 5.16 Å². The van der Waals surface area contributed by atoms with Gasteiger partial charge in [-0.15, -0.1) is 0 Å². The number of anilines is 1.